The van der Waals surface area contributed by atoms with E-state index in [9.17, 15) is 0 Å². The van der Waals surface area contributed by atoms with Crippen LogP contribution in [-0.2, 0) is 26.5 Å². The van der Waals surface area contributed by atoms with Crippen molar-refractivity contribution in [2.45, 2.75) is 26.2 Å². The van der Waals surface area contributed by atoms with Crippen LogP contribution in [0.3, 0.4) is 0 Å². The van der Waals surface area contributed by atoms with Gasteiger partial charge < -0.3 is 14.1 Å². The first kappa shape index (κ1) is 27.2. The Hall–Kier alpha value is -4.60. The fourth-order valence-electron chi connectivity index (χ4n) is 5.65. The summed E-state index contributed by atoms with van der Waals surface area (Å²) in [6.45, 7) is 6.59. The van der Waals surface area contributed by atoms with Gasteiger partial charge in [0.25, 0.3) is 0 Å². The molecule has 0 saturated carbocycles. The zero-order chi connectivity index (χ0) is 28.4. The van der Waals surface area contributed by atoms with Gasteiger partial charge in [0.15, 0.2) is 0 Å². The van der Waals surface area contributed by atoms with Gasteiger partial charge in [-0.15, -0.1) is 23.3 Å². The molecule has 6 heteroatoms. The normalized spacial score (nSPS) is 11.9. The van der Waals surface area contributed by atoms with E-state index in [2.05, 4.69) is 85.8 Å². The standard InChI is InChI=1S/C37H26N4O.Pt/c1-37(2,3)26-17-25(32-19-23-9-4-5-10-24(23)22-39-32)18-28(20-26)42-27-14-15-29-30(21-27)36-40-31-11-6-7-12-33(31)41(36)34-13-8-16-38-35(29)34;/h4-17,19-20,22H,1-3H3;/q-2;+2. The molecule has 0 aliphatic rings. The second-order valence-corrected chi connectivity index (χ2v) is 11.7. The summed E-state index contributed by atoms with van der Waals surface area (Å²) in [6, 6.07) is 37.8. The Kier molecular flexibility index (Phi) is 6.52. The van der Waals surface area contributed by atoms with E-state index >= 15 is 0 Å². The Balaban J connectivity index is 0.00000300. The molecule has 0 aliphatic carbocycles. The number of nitrogens with zero attached hydrogens (tertiary/aromatic N) is 4. The van der Waals surface area contributed by atoms with E-state index in [0.29, 0.717) is 11.5 Å². The molecule has 43 heavy (non-hydrogen) atoms. The van der Waals surface area contributed by atoms with E-state index in [1.165, 1.54) is 0 Å². The number of imidazole rings is 1. The molecule has 0 spiro atoms. The Morgan fingerprint density at radius 2 is 1.53 bits per heavy atom. The number of aromatic nitrogens is 4. The van der Waals surface area contributed by atoms with Gasteiger partial charge in [0, 0.05) is 23.9 Å². The van der Waals surface area contributed by atoms with Crippen molar-refractivity contribution >= 4 is 49.3 Å². The average molecular weight is 738 g/mol. The molecule has 4 aromatic heterocycles. The van der Waals surface area contributed by atoms with Crippen molar-refractivity contribution in [3.05, 3.63) is 121 Å². The molecule has 8 rings (SSSR count). The maximum Gasteiger partial charge on any atom is 2.00 e. The van der Waals surface area contributed by atoms with Crippen LogP contribution in [0.5, 0.6) is 11.5 Å². The number of para-hydroxylation sites is 2. The zero-order valence-corrected chi connectivity index (χ0v) is 26.1. The fraction of sp³-hybridized carbons (Fsp3) is 0.108. The largest absolute Gasteiger partial charge is 2.00 e. The van der Waals surface area contributed by atoms with Gasteiger partial charge in [-0.25, -0.2) is 0 Å². The first-order valence-electron chi connectivity index (χ1n) is 14.0. The third-order valence-electron chi connectivity index (χ3n) is 7.82. The summed E-state index contributed by atoms with van der Waals surface area (Å²) < 4.78 is 8.67. The first-order chi connectivity index (χ1) is 20.4. The smallest absolute Gasteiger partial charge is 0.497 e. The van der Waals surface area contributed by atoms with Gasteiger partial charge in [0.1, 0.15) is 0 Å². The van der Waals surface area contributed by atoms with Gasteiger partial charge in [0.2, 0.25) is 0 Å². The van der Waals surface area contributed by atoms with E-state index in [4.69, 9.17) is 19.7 Å². The van der Waals surface area contributed by atoms with Crippen molar-refractivity contribution in [2.24, 2.45) is 0 Å². The van der Waals surface area contributed by atoms with Crippen LogP contribution in [0.15, 0.2) is 103 Å². The van der Waals surface area contributed by atoms with E-state index in [1.807, 2.05) is 54.9 Å². The maximum absolute atomic E-state index is 6.51. The minimum Gasteiger partial charge on any atom is -0.497 e. The van der Waals surface area contributed by atoms with Crippen molar-refractivity contribution in [2.75, 3.05) is 0 Å². The molecule has 0 radical (unpaired) electrons. The summed E-state index contributed by atoms with van der Waals surface area (Å²) in [5, 5.41) is 4.09. The van der Waals surface area contributed by atoms with Crippen molar-refractivity contribution in [3.8, 4) is 22.8 Å². The molecule has 210 valence electrons. The summed E-state index contributed by atoms with van der Waals surface area (Å²) in [6.07, 6.45) is 3.74. The number of benzene rings is 4. The first-order valence-corrected chi connectivity index (χ1v) is 14.0. The second-order valence-electron chi connectivity index (χ2n) is 11.7. The molecule has 0 aliphatic heterocycles. The zero-order valence-electron chi connectivity index (χ0n) is 23.8. The predicted molar refractivity (Wildman–Crippen MR) is 169 cm³/mol. The Morgan fingerprint density at radius 1 is 0.744 bits per heavy atom. The summed E-state index contributed by atoms with van der Waals surface area (Å²) in [7, 11) is 0. The molecule has 0 N–H and O–H groups in total. The molecule has 0 unspecified atom stereocenters. The molecular formula is C37H26N4OPt. The quantitative estimate of drug-likeness (QED) is 0.134. The van der Waals surface area contributed by atoms with Gasteiger partial charge in [-0.3, -0.25) is 9.97 Å². The molecule has 4 aromatic carbocycles. The number of rotatable bonds is 3. The van der Waals surface area contributed by atoms with E-state index in [0.717, 1.165) is 66.1 Å². The van der Waals surface area contributed by atoms with Crippen molar-refractivity contribution in [1.82, 2.24) is 19.4 Å². The van der Waals surface area contributed by atoms with Crippen LogP contribution in [0, 0.1) is 12.1 Å². The Morgan fingerprint density at radius 3 is 2.40 bits per heavy atom. The topological polar surface area (TPSA) is 52.3 Å². The Labute approximate surface area is 263 Å². The summed E-state index contributed by atoms with van der Waals surface area (Å²) in [5.41, 5.74) is 7.48. The molecule has 4 heterocycles. The fourth-order valence-corrected chi connectivity index (χ4v) is 5.65. The summed E-state index contributed by atoms with van der Waals surface area (Å²) in [5.74, 6) is 1.21. The molecular weight excluding hydrogens is 712 g/mol. The maximum atomic E-state index is 6.51. The van der Waals surface area contributed by atoms with Crippen molar-refractivity contribution in [1.29, 1.82) is 0 Å². The van der Waals surface area contributed by atoms with Crippen LogP contribution in [0.1, 0.15) is 26.3 Å². The number of fused-ring (bicyclic) bond motifs is 9. The van der Waals surface area contributed by atoms with Crippen LogP contribution < -0.4 is 4.74 Å². The molecule has 0 saturated heterocycles. The SMILES string of the molecule is CC(C)(C)c1cc(Oc2[c-]c3c(cc2)c2ncccc2n2c4ccccc4nc32)[c-]c(-c2cc3ccccc3cn2)c1.[Pt+2]. The van der Waals surface area contributed by atoms with Gasteiger partial charge in [-0.1, -0.05) is 98.3 Å². The van der Waals surface area contributed by atoms with Gasteiger partial charge in [-0.05, 0) is 46.1 Å². The Bertz CT molecular complexity index is 2340. The van der Waals surface area contributed by atoms with Crippen LogP contribution in [0.4, 0.5) is 0 Å². The summed E-state index contributed by atoms with van der Waals surface area (Å²) >= 11 is 0. The molecule has 0 amide bonds. The summed E-state index contributed by atoms with van der Waals surface area (Å²) in [4.78, 5) is 14.5. The van der Waals surface area contributed by atoms with E-state index in [-0.39, 0.29) is 26.5 Å². The van der Waals surface area contributed by atoms with Gasteiger partial charge in [-0.2, -0.15) is 0 Å². The van der Waals surface area contributed by atoms with Gasteiger partial charge in [0.05, 0.1) is 27.7 Å². The molecule has 5 nitrogen and oxygen atoms in total. The molecule has 8 aromatic rings. The van der Waals surface area contributed by atoms with E-state index in [1.54, 1.807) is 0 Å². The molecule has 0 fully saturated rings. The molecule has 0 atom stereocenters. The number of hydrogen-bond acceptors (Lipinski definition) is 4. The van der Waals surface area contributed by atoms with Crippen LogP contribution in [-0.4, -0.2) is 19.4 Å². The minimum absolute atomic E-state index is 0. The average Bonchev–Trinajstić information content (AvgIpc) is 3.41. The van der Waals surface area contributed by atoms with Gasteiger partial charge >= 0.3 is 21.1 Å². The minimum atomic E-state index is -0.0986. The number of ether oxygens (including phenoxy) is 1. The monoisotopic (exact) mass is 737 g/mol. The predicted octanol–water partition coefficient (Wildman–Crippen LogP) is 9.09. The van der Waals surface area contributed by atoms with Crippen LogP contribution in [0.2, 0.25) is 0 Å². The van der Waals surface area contributed by atoms with E-state index < -0.39 is 0 Å². The van der Waals surface area contributed by atoms with Crippen molar-refractivity contribution < 1.29 is 25.8 Å². The molecule has 0 bridgehead atoms. The van der Waals surface area contributed by atoms with Crippen LogP contribution in [0.25, 0.3) is 60.5 Å². The number of hydrogen-bond donors (Lipinski definition) is 0. The number of pyridine rings is 3. The van der Waals surface area contributed by atoms with Crippen molar-refractivity contribution in [3.63, 3.8) is 0 Å². The second kappa shape index (κ2) is 10.3. The van der Waals surface area contributed by atoms with Crippen LogP contribution >= 0.6 is 0 Å². The third kappa shape index (κ3) is 4.65. The third-order valence-corrected chi connectivity index (χ3v) is 7.82.